The summed E-state index contributed by atoms with van der Waals surface area (Å²) in [5, 5.41) is 6.79. The number of hydrogen-bond acceptors (Lipinski definition) is 4. The Balaban J connectivity index is 0.00000338. The summed E-state index contributed by atoms with van der Waals surface area (Å²) in [6.07, 6.45) is 2.28. The summed E-state index contributed by atoms with van der Waals surface area (Å²) in [6, 6.07) is 10.5. The van der Waals surface area contributed by atoms with Crippen LogP contribution in [0.4, 0.5) is 5.69 Å². The van der Waals surface area contributed by atoms with Gasteiger partial charge in [-0.05, 0) is 25.0 Å². The van der Waals surface area contributed by atoms with Crippen molar-refractivity contribution in [1.82, 2.24) is 15.5 Å². The summed E-state index contributed by atoms with van der Waals surface area (Å²) < 4.78 is 5.37. The third-order valence-electron chi connectivity index (χ3n) is 4.46. The van der Waals surface area contributed by atoms with Gasteiger partial charge in [-0.2, -0.15) is 0 Å². The molecule has 0 bridgehead atoms. The average Bonchev–Trinajstić information content (AvgIpc) is 2.67. The van der Waals surface area contributed by atoms with E-state index >= 15 is 0 Å². The molecule has 1 aliphatic rings. The molecule has 6 nitrogen and oxygen atoms in total. The van der Waals surface area contributed by atoms with Crippen molar-refractivity contribution in [2.75, 3.05) is 71.5 Å². The van der Waals surface area contributed by atoms with E-state index in [1.807, 2.05) is 7.05 Å². The zero-order chi connectivity index (χ0) is 17.7. The van der Waals surface area contributed by atoms with Gasteiger partial charge in [0.2, 0.25) is 0 Å². The van der Waals surface area contributed by atoms with E-state index in [1.165, 1.54) is 5.69 Å². The summed E-state index contributed by atoms with van der Waals surface area (Å²) in [6.45, 7) is 7.72. The zero-order valence-corrected chi connectivity index (χ0v) is 18.4. The van der Waals surface area contributed by atoms with Crippen LogP contribution in [0.15, 0.2) is 35.3 Å². The second kappa shape index (κ2) is 14.1. The van der Waals surface area contributed by atoms with Crippen LogP contribution in [-0.4, -0.2) is 77.4 Å². The smallest absolute Gasteiger partial charge is 0.191 e. The first-order chi connectivity index (χ1) is 12.3. The van der Waals surface area contributed by atoms with Crippen LogP contribution in [0.3, 0.4) is 0 Å². The molecule has 1 aromatic rings. The Morgan fingerprint density at radius 1 is 1.12 bits per heavy atom. The van der Waals surface area contributed by atoms with Crippen molar-refractivity contribution in [3.8, 4) is 0 Å². The number of unbranched alkanes of at least 4 members (excludes halogenated alkanes) is 1. The van der Waals surface area contributed by atoms with E-state index < -0.39 is 0 Å². The summed E-state index contributed by atoms with van der Waals surface area (Å²) in [4.78, 5) is 9.01. The van der Waals surface area contributed by atoms with Crippen LogP contribution in [-0.2, 0) is 4.74 Å². The number of ether oxygens (including phenoxy) is 1. The zero-order valence-electron chi connectivity index (χ0n) is 16.1. The maximum Gasteiger partial charge on any atom is 0.191 e. The molecule has 0 unspecified atom stereocenters. The molecular formula is C19H34IN5O. The van der Waals surface area contributed by atoms with Crippen LogP contribution >= 0.6 is 24.0 Å². The number of morpholine rings is 1. The molecule has 0 saturated carbocycles. The van der Waals surface area contributed by atoms with Gasteiger partial charge in [-0.1, -0.05) is 18.2 Å². The number of anilines is 1. The lowest BCUT2D eigenvalue weighted by Gasteiger charge is -2.26. The van der Waals surface area contributed by atoms with Crippen molar-refractivity contribution < 1.29 is 4.74 Å². The van der Waals surface area contributed by atoms with E-state index in [-0.39, 0.29) is 24.0 Å². The molecule has 0 aliphatic carbocycles. The Kier molecular flexibility index (Phi) is 12.4. The van der Waals surface area contributed by atoms with Gasteiger partial charge in [-0.25, -0.2) is 0 Å². The molecule has 1 aliphatic heterocycles. The van der Waals surface area contributed by atoms with Crippen molar-refractivity contribution in [3.63, 3.8) is 0 Å². The highest BCUT2D eigenvalue weighted by Gasteiger charge is 2.09. The van der Waals surface area contributed by atoms with E-state index in [2.05, 4.69) is 62.8 Å². The fraction of sp³-hybridized carbons (Fsp3) is 0.632. The monoisotopic (exact) mass is 475 g/mol. The SMILES string of the molecule is CN=C(NCCCCN(C)c1ccccc1)NCCN1CCOCC1.I. The van der Waals surface area contributed by atoms with Crippen LogP contribution < -0.4 is 15.5 Å². The lowest BCUT2D eigenvalue weighted by molar-refractivity contribution is 0.0389. The number of aliphatic imine (C=N–C) groups is 1. The highest BCUT2D eigenvalue weighted by Crippen LogP contribution is 2.11. The number of halogens is 1. The van der Waals surface area contributed by atoms with E-state index in [1.54, 1.807) is 0 Å². The fourth-order valence-corrected chi connectivity index (χ4v) is 2.87. The Morgan fingerprint density at radius 2 is 1.81 bits per heavy atom. The van der Waals surface area contributed by atoms with E-state index in [4.69, 9.17) is 4.74 Å². The summed E-state index contributed by atoms with van der Waals surface area (Å²) in [5.41, 5.74) is 1.27. The molecular weight excluding hydrogens is 441 g/mol. The van der Waals surface area contributed by atoms with Crippen LogP contribution in [0, 0.1) is 0 Å². The van der Waals surface area contributed by atoms with Crippen molar-refractivity contribution in [3.05, 3.63) is 30.3 Å². The minimum atomic E-state index is 0. The highest BCUT2D eigenvalue weighted by molar-refractivity contribution is 14.0. The first-order valence-corrected chi connectivity index (χ1v) is 9.30. The summed E-state index contributed by atoms with van der Waals surface area (Å²) >= 11 is 0. The number of hydrogen-bond donors (Lipinski definition) is 2. The minimum absolute atomic E-state index is 0. The third kappa shape index (κ3) is 9.05. The lowest BCUT2D eigenvalue weighted by atomic mass is 10.2. The van der Waals surface area contributed by atoms with E-state index in [0.717, 1.165) is 71.3 Å². The quantitative estimate of drug-likeness (QED) is 0.248. The largest absolute Gasteiger partial charge is 0.379 e. The van der Waals surface area contributed by atoms with Gasteiger partial charge in [0.1, 0.15) is 0 Å². The van der Waals surface area contributed by atoms with Gasteiger partial charge in [0.15, 0.2) is 5.96 Å². The van der Waals surface area contributed by atoms with Gasteiger partial charge >= 0.3 is 0 Å². The third-order valence-corrected chi connectivity index (χ3v) is 4.46. The van der Waals surface area contributed by atoms with Crippen LogP contribution in [0.5, 0.6) is 0 Å². The molecule has 0 atom stereocenters. The number of para-hydroxylation sites is 1. The van der Waals surface area contributed by atoms with Crippen molar-refractivity contribution in [2.45, 2.75) is 12.8 Å². The maximum absolute atomic E-state index is 5.37. The first kappa shape index (κ1) is 23.0. The number of nitrogens with zero attached hydrogens (tertiary/aromatic N) is 3. The van der Waals surface area contributed by atoms with Gasteiger partial charge in [0.05, 0.1) is 13.2 Å². The summed E-state index contributed by atoms with van der Waals surface area (Å²) in [5.74, 6) is 0.893. The molecule has 7 heteroatoms. The van der Waals surface area contributed by atoms with Crippen molar-refractivity contribution in [2.24, 2.45) is 4.99 Å². The molecule has 148 valence electrons. The predicted octanol–water partition coefficient (Wildman–Crippen LogP) is 2.02. The van der Waals surface area contributed by atoms with Crippen molar-refractivity contribution in [1.29, 1.82) is 0 Å². The molecule has 1 saturated heterocycles. The first-order valence-electron chi connectivity index (χ1n) is 9.30. The van der Waals surface area contributed by atoms with Crippen molar-refractivity contribution >= 4 is 35.6 Å². The second-order valence-corrected chi connectivity index (χ2v) is 6.34. The Morgan fingerprint density at radius 3 is 2.50 bits per heavy atom. The second-order valence-electron chi connectivity index (χ2n) is 6.34. The molecule has 0 amide bonds. The van der Waals surface area contributed by atoms with Gasteiger partial charge < -0.3 is 20.3 Å². The topological polar surface area (TPSA) is 52.1 Å². The Bertz CT molecular complexity index is 494. The Hall–Kier alpha value is -1.06. The molecule has 0 spiro atoms. The molecule has 1 heterocycles. The number of nitrogens with one attached hydrogen (secondary N) is 2. The average molecular weight is 475 g/mol. The maximum atomic E-state index is 5.37. The molecule has 2 rings (SSSR count). The number of benzene rings is 1. The van der Waals surface area contributed by atoms with Gasteiger partial charge in [-0.15, -0.1) is 24.0 Å². The molecule has 1 aromatic carbocycles. The van der Waals surface area contributed by atoms with Gasteiger partial charge in [0.25, 0.3) is 0 Å². The fourth-order valence-electron chi connectivity index (χ4n) is 2.87. The normalized spacial score (nSPS) is 15.2. The molecule has 1 fully saturated rings. The molecule has 0 aromatic heterocycles. The van der Waals surface area contributed by atoms with Crippen LogP contribution in [0.2, 0.25) is 0 Å². The minimum Gasteiger partial charge on any atom is -0.379 e. The summed E-state index contributed by atoms with van der Waals surface area (Å²) in [7, 11) is 3.97. The molecule has 2 N–H and O–H groups in total. The Labute approximate surface area is 175 Å². The standard InChI is InChI=1S/C19H33N5O.HI/c1-20-19(22-11-13-24-14-16-25-17-15-24)21-10-6-7-12-23(2)18-8-4-3-5-9-18;/h3-5,8-9H,6-7,10-17H2,1-2H3,(H2,20,21,22);1H. The molecule has 0 radical (unpaired) electrons. The predicted molar refractivity (Wildman–Crippen MR) is 121 cm³/mol. The van der Waals surface area contributed by atoms with Crippen LogP contribution in [0.25, 0.3) is 0 Å². The number of rotatable bonds is 9. The van der Waals surface area contributed by atoms with E-state index in [0.29, 0.717) is 0 Å². The van der Waals surface area contributed by atoms with E-state index in [9.17, 15) is 0 Å². The lowest BCUT2D eigenvalue weighted by Crippen LogP contribution is -2.44. The number of guanidine groups is 1. The highest BCUT2D eigenvalue weighted by atomic mass is 127. The van der Waals surface area contributed by atoms with Crippen LogP contribution in [0.1, 0.15) is 12.8 Å². The van der Waals surface area contributed by atoms with Gasteiger partial charge in [-0.3, -0.25) is 9.89 Å². The molecule has 26 heavy (non-hydrogen) atoms. The van der Waals surface area contributed by atoms with Gasteiger partial charge in [0, 0.05) is 59.1 Å².